The number of allylic oxidation sites excluding steroid dienone is 1. The van der Waals surface area contributed by atoms with Crippen molar-refractivity contribution in [3.05, 3.63) is 83.6 Å². The quantitative estimate of drug-likeness (QED) is 0.850. The summed E-state index contributed by atoms with van der Waals surface area (Å²) in [4.78, 5) is 16.5. The van der Waals surface area contributed by atoms with Crippen LogP contribution in [0.3, 0.4) is 0 Å². The standard InChI is InChI=1S/C19H16N2O2/c22-17-13-20-19(23)18(17)16(21-15-9-5-2-6-10-15)12-11-14-7-3-1-4-8-14/h1-12,22H,13H2,(H,20,23). The number of nitrogens with one attached hydrogen (secondary N) is 1. The third-order valence-electron chi connectivity index (χ3n) is 3.43. The predicted octanol–water partition coefficient (Wildman–Crippen LogP) is 3.41. The molecule has 2 aromatic rings. The van der Waals surface area contributed by atoms with Crippen LogP contribution in [0.25, 0.3) is 6.08 Å². The number of amides is 1. The van der Waals surface area contributed by atoms with Crippen LogP contribution in [0, 0.1) is 0 Å². The van der Waals surface area contributed by atoms with E-state index < -0.39 is 0 Å². The van der Waals surface area contributed by atoms with Crippen molar-refractivity contribution in [2.24, 2.45) is 4.99 Å². The van der Waals surface area contributed by atoms with E-state index in [2.05, 4.69) is 10.3 Å². The minimum absolute atomic E-state index is 0.0161. The van der Waals surface area contributed by atoms with Crippen molar-refractivity contribution in [2.75, 3.05) is 6.54 Å². The van der Waals surface area contributed by atoms with Crippen molar-refractivity contribution in [1.82, 2.24) is 5.32 Å². The Balaban J connectivity index is 2.01. The SMILES string of the molecule is O=C1NCC(O)=C1C(C=Cc1ccccc1)=Nc1ccccc1. The van der Waals surface area contributed by atoms with Crippen LogP contribution in [0.2, 0.25) is 0 Å². The molecule has 4 nitrogen and oxygen atoms in total. The van der Waals surface area contributed by atoms with Crippen LogP contribution in [0.5, 0.6) is 0 Å². The summed E-state index contributed by atoms with van der Waals surface area (Å²) in [5.74, 6) is -0.294. The number of aliphatic hydroxyl groups excluding tert-OH is 1. The number of aliphatic imine (C=N–C) groups is 1. The molecule has 0 aromatic heterocycles. The molecule has 23 heavy (non-hydrogen) atoms. The van der Waals surface area contributed by atoms with Gasteiger partial charge in [0.15, 0.2) is 0 Å². The number of aliphatic hydroxyl groups is 1. The third-order valence-corrected chi connectivity index (χ3v) is 3.43. The Hall–Kier alpha value is -3.14. The predicted molar refractivity (Wildman–Crippen MR) is 91.7 cm³/mol. The summed E-state index contributed by atoms with van der Waals surface area (Å²) in [7, 11) is 0. The van der Waals surface area contributed by atoms with Crippen LogP contribution in [0.1, 0.15) is 5.56 Å². The molecule has 3 rings (SSSR count). The Morgan fingerprint density at radius 2 is 1.70 bits per heavy atom. The van der Waals surface area contributed by atoms with Crippen molar-refractivity contribution in [3.8, 4) is 0 Å². The summed E-state index contributed by atoms with van der Waals surface area (Å²) in [5.41, 5.74) is 2.38. The van der Waals surface area contributed by atoms with E-state index in [0.29, 0.717) is 5.71 Å². The summed E-state index contributed by atoms with van der Waals surface area (Å²) < 4.78 is 0. The summed E-state index contributed by atoms with van der Waals surface area (Å²) in [5, 5.41) is 12.6. The molecule has 0 aliphatic carbocycles. The number of hydrogen-bond donors (Lipinski definition) is 2. The van der Waals surface area contributed by atoms with Crippen molar-refractivity contribution in [3.63, 3.8) is 0 Å². The highest BCUT2D eigenvalue weighted by Gasteiger charge is 2.25. The second-order valence-corrected chi connectivity index (χ2v) is 5.08. The first-order valence-electron chi connectivity index (χ1n) is 7.31. The number of hydrogen-bond acceptors (Lipinski definition) is 3. The molecule has 0 unspecified atom stereocenters. The molecule has 1 aliphatic heterocycles. The van der Waals surface area contributed by atoms with Crippen LogP contribution in [0.4, 0.5) is 5.69 Å². The maximum atomic E-state index is 12.0. The lowest BCUT2D eigenvalue weighted by atomic mass is 10.1. The lowest BCUT2D eigenvalue weighted by Crippen LogP contribution is -2.20. The van der Waals surface area contributed by atoms with Gasteiger partial charge in [-0.25, -0.2) is 4.99 Å². The van der Waals surface area contributed by atoms with Gasteiger partial charge in [-0.2, -0.15) is 0 Å². The average molecular weight is 304 g/mol. The topological polar surface area (TPSA) is 61.7 Å². The van der Waals surface area contributed by atoms with E-state index in [1.807, 2.05) is 66.7 Å². The molecule has 0 bridgehead atoms. The van der Waals surface area contributed by atoms with Gasteiger partial charge in [-0.1, -0.05) is 54.6 Å². The summed E-state index contributed by atoms with van der Waals surface area (Å²) in [6, 6.07) is 19.1. The van der Waals surface area contributed by atoms with Gasteiger partial charge in [0.1, 0.15) is 11.3 Å². The molecular formula is C19H16N2O2. The fourth-order valence-corrected chi connectivity index (χ4v) is 2.29. The molecule has 0 fully saturated rings. The maximum Gasteiger partial charge on any atom is 0.257 e. The van der Waals surface area contributed by atoms with Crippen LogP contribution in [-0.2, 0) is 4.79 Å². The molecule has 2 N–H and O–H groups in total. The van der Waals surface area contributed by atoms with Crippen LogP contribution in [-0.4, -0.2) is 23.3 Å². The largest absolute Gasteiger partial charge is 0.510 e. The van der Waals surface area contributed by atoms with E-state index in [9.17, 15) is 9.90 Å². The molecule has 114 valence electrons. The first-order chi connectivity index (χ1) is 11.2. The first-order valence-corrected chi connectivity index (χ1v) is 7.31. The minimum Gasteiger partial charge on any atom is -0.510 e. The Bertz CT molecular complexity index is 791. The average Bonchev–Trinajstić information content (AvgIpc) is 2.92. The number of para-hydroxylation sites is 1. The van der Waals surface area contributed by atoms with E-state index in [4.69, 9.17) is 0 Å². The van der Waals surface area contributed by atoms with Crippen LogP contribution >= 0.6 is 0 Å². The van der Waals surface area contributed by atoms with Crippen molar-refractivity contribution >= 4 is 23.4 Å². The molecule has 0 saturated carbocycles. The zero-order valence-corrected chi connectivity index (χ0v) is 12.4. The van der Waals surface area contributed by atoms with Crippen LogP contribution < -0.4 is 5.32 Å². The Labute approximate surface area is 134 Å². The second kappa shape index (κ2) is 6.75. The van der Waals surface area contributed by atoms with E-state index >= 15 is 0 Å². The van der Waals surface area contributed by atoms with E-state index in [-0.39, 0.29) is 23.8 Å². The van der Waals surface area contributed by atoms with Gasteiger partial charge in [-0.15, -0.1) is 0 Å². The van der Waals surface area contributed by atoms with E-state index in [1.54, 1.807) is 6.08 Å². The highest BCUT2D eigenvalue weighted by atomic mass is 16.3. The molecule has 1 amide bonds. The summed E-state index contributed by atoms with van der Waals surface area (Å²) in [6.07, 6.45) is 3.62. The Morgan fingerprint density at radius 3 is 2.30 bits per heavy atom. The fourth-order valence-electron chi connectivity index (χ4n) is 2.29. The number of benzene rings is 2. The molecule has 4 heteroatoms. The zero-order chi connectivity index (χ0) is 16.1. The lowest BCUT2D eigenvalue weighted by Gasteiger charge is -2.03. The van der Waals surface area contributed by atoms with Gasteiger partial charge >= 0.3 is 0 Å². The van der Waals surface area contributed by atoms with Gasteiger partial charge in [-0.05, 0) is 23.8 Å². The number of rotatable bonds is 4. The smallest absolute Gasteiger partial charge is 0.257 e. The van der Waals surface area contributed by atoms with Gasteiger partial charge in [0.2, 0.25) is 0 Å². The van der Waals surface area contributed by atoms with Crippen LogP contribution in [0.15, 0.2) is 83.1 Å². The van der Waals surface area contributed by atoms with Gasteiger partial charge in [0, 0.05) is 0 Å². The highest BCUT2D eigenvalue weighted by Crippen LogP contribution is 2.18. The molecule has 1 aliphatic rings. The Kier molecular flexibility index (Phi) is 4.34. The molecule has 0 spiro atoms. The van der Waals surface area contributed by atoms with Gasteiger partial charge < -0.3 is 10.4 Å². The summed E-state index contributed by atoms with van der Waals surface area (Å²) >= 11 is 0. The van der Waals surface area contributed by atoms with Gasteiger partial charge in [0.25, 0.3) is 5.91 Å². The van der Waals surface area contributed by atoms with Crippen molar-refractivity contribution in [2.45, 2.75) is 0 Å². The maximum absolute atomic E-state index is 12.0. The highest BCUT2D eigenvalue weighted by molar-refractivity contribution is 6.28. The normalized spacial score (nSPS) is 15.3. The zero-order valence-electron chi connectivity index (χ0n) is 12.4. The molecular weight excluding hydrogens is 288 g/mol. The Morgan fingerprint density at radius 1 is 1.04 bits per heavy atom. The number of carbonyl (C=O) groups is 1. The van der Waals surface area contributed by atoms with Crippen molar-refractivity contribution < 1.29 is 9.90 Å². The molecule has 2 aromatic carbocycles. The minimum atomic E-state index is -0.310. The monoisotopic (exact) mass is 304 g/mol. The first kappa shape index (κ1) is 14.8. The number of nitrogens with zero attached hydrogens (tertiary/aromatic N) is 1. The second-order valence-electron chi connectivity index (χ2n) is 5.08. The van der Waals surface area contributed by atoms with E-state index in [0.717, 1.165) is 11.3 Å². The third kappa shape index (κ3) is 3.55. The molecule has 0 atom stereocenters. The molecule has 0 radical (unpaired) electrons. The van der Waals surface area contributed by atoms with Crippen molar-refractivity contribution in [1.29, 1.82) is 0 Å². The molecule has 0 saturated heterocycles. The summed E-state index contributed by atoms with van der Waals surface area (Å²) in [6.45, 7) is 0.140. The number of carbonyl (C=O) groups excluding carboxylic acids is 1. The lowest BCUT2D eigenvalue weighted by molar-refractivity contribution is -0.116. The van der Waals surface area contributed by atoms with Gasteiger partial charge in [-0.3, -0.25) is 4.79 Å². The fraction of sp³-hybridized carbons (Fsp3) is 0.0526. The molecule has 1 heterocycles. The van der Waals surface area contributed by atoms with E-state index in [1.165, 1.54) is 0 Å². The van der Waals surface area contributed by atoms with Gasteiger partial charge in [0.05, 0.1) is 17.9 Å².